The molecule has 0 spiro atoms. The van der Waals surface area contributed by atoms with E-state index in [1.165, 1.54) is 0 Å². The summed E-state index contributed by atoms with van der Waals surface area (Å²) in [5.41, 5.74) is 7.45. The third kappa shape index (κ3) is 2.13. The zero-order valence-electron chi connectivity index (χ0n) is 4.01. The van der Waals surface area contributed by atoms with Crippen molar-refractivity contribution in [3.63, 3.8) is 0 Å². The van der Waals surface area contributed by atoms with Gasteiger partial charge in [-0.25, -0.2) is 0 Å². The molecule has 0 saturated heterocycles. The standard InChI is InChI=1S/C3H8N2O2/c1-3(5,7)2(4)6/h7H,5H2,1H3,(H2,4,6). The van der Waals surface area contributed by atoms with Gasteiger partial charge in [-0.3, -0.25) is 10.5 Å². The minimum atomic E-state index is -1.86. The summed E-state index contributed by atoms with van der Waals surface area (Å²) in [5.74, 6) is -0.924. The smallest absolute Gasteiger partial charge is 0.264 e. The monoisotopic (exact) mass is 104 g/mol. The number of rotatable bonds is 1. The van der Waals surface area contributed by atoms with Gasteiger partial charge in [0.25, 0.3) is 5.91 Å². The molecule has 0 saturated carbocycles. The van der Waals surface area contributed by atoms with Crippen molar-refractivity contribution < 1.29 is 9.90 Å². The fraction of sp³-hybridized carbons (Fsp3) is 0.667. The van der Waals surface area contributed by atoms with Crippen LogP contribution in [0.2, 0.25) is 0 Å². The van der Waals surface area contributed by atoms with E-state index >= 15 is 0 Å². The molecule has 0 aliphatic carbocycles. The average molecular weight is 104 g/mol. The van der Waals surface area contributed by atoms with Gasteiger partial charge in [-0.2, -0.15) is 0 Å². The highest BCUT2D eigenvalue weighted by Gasteiger charge is 2.19. The van der Waals surface area contributed by atoms with Gasteiger partial charge in [-0.15, -0.1) is 0 Å². The van der Waals surface area contributed by atoms with Crippen LogP contribution in [0, 0.1) is 0 Å². The van der Waals surface area contributed by atoms with Gasteiger partial charge < -0.3 is 10.8 Å². The van der Waals surface area contributed by atoms with Gasteiger partial charge in [0.15, 0.2) is 5.72 Å². The van der Waals surface area contributed by atoms with E-state index in [-0.39, 0.29) is 0 Å². The number of carbonyl (C=O) groups excluding carboxylic acids is 1. The van der Waals surface area contributed by atoms with E-state index in [2.05, 4.69) is 5.73 Å². The Morgan fingerprint density at radius 3 is 2.00 bits per heavy atom. The molecule has 0 aromatic rings. The number of primary amides is 1. The van der Waals surface area contributed by atoms with Crippen molar-refractivity contribution in [3.8, 4) is 0 Å². The van der Waals surface area contributed by atoms with E-state index in [0.29, 0.717) is 0 Å². The first kappa shape index (κ1) is 6.39. The topological polar surface area (TPSA) is 89.3 Å². The highest BCUT2D eigenvalue weighted by molar-refractivity contribution is 5.81. The normalized spacial score (nSPS) is 18.1. The van der Waals surface area contributed by atoms with Gasteiger partial charge in [0, 0.05) is 0 Å². The van der Waals surface area contributed by atoms with Crippen LogP contribution >= 0.6 is 0 Å². The maximum absolute atomic E-state index is 9.87. The van der Waals surface area contributed by atoms with Crippen LogP contribution in [0.4, 0.5) is 0 Å². The predicted octanol–water partition coefficient (Wildman–Crippen LogP) is -1.86. The van der Waals surface area contributed by atoms with Crippen molar-refractivity contribution in [2.45, 2.75) is 12.6 Å². The Bertz CT molecular complexity index is 83.4. The van der Waals surface area contributed by atoms with E-state index in [1.807, 2.05) is 0 Å². The van der Waals surface area contributed by atoms with Gasteiger partial charge in [-0.05, 0) is 6.92 Å². The molecular weight excluding hydrogens is 96.0 g/mol. The summed E-state index contributed by atoms with van der Waals surface area (Å²) < 4.78 is 0. The maximum Gasteiger partial charge on any atom is 0.264 e. The van der Waals surface area contributed by atoms with E-state index in [1.54, 1.807) is 0 Å². The summed E-state index contributed by atoms with van der Waals surface area (Å²) in [6.45, 7) is 1.12. The average Bonchev–Trinajstić information content (AvgIpc) is 1.31. The second kappa shape index (κ2) is 1.48. The molecule has 7 heavy (non-hydrogen) atoms. The van der Waals surface area contributed by atoms with Gasteiger partial charge >= 0.3 is 0 Å². The largest absolute Gasteiger partial charge is 0.368 e. The Kier molecular flexibility index (Phi) is 1.35. The Balaban J connectivity index is 3.79. The Morgan fingerprint density at radius 2 is 2.00 bits per heavy atom. The molecule has 4 nitrogen and oxygen atoms in total. The van der Waals surface area contributed by atoms with Gasteiger partial charge in [0.05, 0.1) is 0 Å². The summed E-state index contributed by atoms with van der Waals surface area (Å²) in [7, 11) is 0. The number of carbonyl (C=O) groups is 1. The molecule has 0 radical (unpaired) electrons. The third-order valence-corrected chi connectivity index (χ3v) is 0.499. The van der Waals surface area contributed by atoms with Crippen LogP contribution in [0.15, 0.2) is 0 Å². The number of hydrogen-bond donors (Lipinski definition) is 3. The fourth-order valence-corrected chi connectivity index (χ4v) is 0. The first-order chi connectivity index (χ1) is 2.94. The van der Waals surface area contributed by atoms with Crippen molar-refractivity contribution in [2.75, 3.05) is 0 Å². The molecule has 0 heterocycles. The molecule has 0 fully saturated rings. The summed E-state index contributed by atoms with van der Waals surface area (Å²) >= 11 is 0. The summed E-state index contributed by atoms with van der Waals surface area (Å²) in [5, 5.41) is 8.40. The molecule has 0 aromatic heterocycles. The van der Waals surface area contributed by atoms with Crippen LogP contribution in [0.5, 0.6) is 0 Å². The zero-order valence-corrected chi connectivity index (χ0v) is 4.01. The predicted molar refractivity (Wildman–Crippen MR) is 24.0 cm³/mol. The molecule has 1 atom stereocenters. The molecule has 0 bridgehead atoms. The molecule has 0 aromatic carbocycles. The minimum absolute atomic E-state index is 0.924. The first-order valence-corrected chi connectivity index (χ1v) is 1.76. The van der Waals surface area contributed by atoms with Crippen molar-refractivity contribution >= 4 is 5.91 Å². The summed E-state index contributed by atoms with van der Waals surface area (Å²) in [6, 6.07) is 0. The fourth-order valence-electron chi connectivity index (χ4n) is 0. The molecule has 4 heteroatoms. The van der Waals surface area contributed by atoms with Gasteiger partial charge in [0.2, 0.25) is 0 Å². The van der Waals surface area contributed by atoms with E-state index in [9.17, 15) is 4.79 Å². The van der Waals surface area contributed by atoms with Crippen LogP contribution < -0.4 is 11.5 Å². The molecule has 0 aliphatic rings. The Labute approximate surface area is 41.1 Å². The lowest BCUT2D eigenvalue weighted by Gasteiger charge is -2.09. The zero-order chi connectivity index (χ0) is 6.08. The minimum Gasteiger partial charge on any atom is -0.368 e. The number of hydrogen-bond acceptors (Lipinski definition) is 3. The molecular formula is C3H8N2O2. The van der Waals surface area contributed by atoms with E-state index < -0.39 is 11.6 Å². The lowest BCUT2D eigenvalue weighted by atomic mass is 10.3. The van der Waals surface area contributed by atoms with Crippen LogP contribution in [0.1, 0.15) is 6.92 Å². The van der Waals surface area contributed by atoms with Crippen molar-refractivity contribution in [2.24, 2.45) is 11.5 Å². The molecule has 0 rings (SSSR count). The van der Waals surface area contributed by atoms with Crippen LogP contribution in [-0.2, 0) is 4.79 Å². The quantitative estimate of drug-likeness (QED) is 0.341. The Morgan fingerprint density at radius 1 is 1.86 bits per heavy atom. The molecule has 0 aliphatic heterocycles. The second-order valence-electron chi connectivity index (χ2n) is 1.51. The summed E-state index contributed by atoms with van der Waals surface area (Å²) in [4.78, 5) is 9.87. The lowest BCUT2D eigenvalue weighted by molar-refractivity contribution is -0.133. The third-order valence-electron chi connectivity index (χ3n) is 0.499. The molecule has 42 valence electrons. The number of amides is 1. The molecule has 1 unspecified atom stereocenters. The van der Waals surface area contributed by atoms with Crippen molar-refractivity contribution in [3.05, 3.63) is 0 Å². The summed E-state index contributed by atoms with van der Waals surface area (Å²) in [6.07, 6.45) is 0. The maximum atomic E-state index is 9.87. The number of aliphatic hydroxyl groups is 1. The van der Waals surface area contributed by atoms with Crippen LogP contribution in [0.3, 0.4) is 0 Å². The molecule has 5 N–H and O–H groups in total. The first-order valence-electron chi connectivity index (χ1n) is 1.76. The lowest BCUT2D eigenvalue weighted by Crippen LogP contribution is -2.48. The highest BCUT2D eigenvalue weighted by Crippen LogP contribution is 1.85. The van der Waals surface area contributed by atoms with E-state index in [0.717, 1.165) is 6.92 Å². The SMILES string of the molecule is CC(N)(O)C(N)=O. The molecule has 1 amide bonds. The van der Waals surface area contributed by atoms with Gasteiger partial charge in [0.1, 0.15) is 0 Å². The number of nitrogens with two attached hydrogens (primary N) is 2. The second-order valence-corrected chi connectivity index (χ2v) is 1.51. The van der Waals surface area contributed by atoms with E-state index in [4.69, 9.17) is 10.8 Å². The Hall–Kier alpha value is -0.610. The highest BCUT2D eigenvalue weighted by atomic mass is 16.3. The van der Waals surface area contributed by atoms with Crippen molar-refractivity contribution in [1.29, 1.82) is 0 Å². The van der Waals surface area contributed by atoms with Crippen molar-refractivity contribution in [1.82, 2.24) is 0 Å². The van der Waals surface area contributed by atoms with Gasteiger partial charge in [-0.1, -0.05) is 0 Å². The van der Waals surface area contributed by atoms with Crippen LogP contribution in [0.25, 0.3) is 0 Å². The van der Waals surface area contributed by atoms with Crippen LogP contribution in [-0.4, -0.2) is 16.7 Å².